The molecule has 4 nitrogen and oxygen atoms in total. The number of carbonyl (C=O) groups is 1. The van der Waals surface area contributed by atoms with Crippen LogP contribution in [-0.4, -0.2) is 44.7 Å². The zero-order chi connectivity index (χ0) is 13.4. The summed E-state index contributed by atoms with van der Waals surface area (Å²) in [4.78, 5) is 14.0. The highest BCUT2D eigenvalue weighted by atomic mass is 16.5. The van der Waals surface area contributed by atoms with Crippen LogP contribution in [0.15, 0.2) is 0 Å². The molecule has 0 aliphatic heterocycles. The first-order valence-corrected chi connectivity index (χ1v) is 7.06. The summed E-state index contributed by atoms with van der Waals surface area (Å²) in [5.41, 5.74) is 5.99. The van der Waals surface area contributed by atoms with E-state index < -0.39 is 0 Å². The highest BCUT2D eigenvalue weighted by Gasteiger charge is 2.33. The van der Waals surface area contributed by atoms with Crippen LogP contribution in [0.3, 0.4) is 0 Å². The van der Waals surface area contributed by atoms with E-state index in [1.807, 2.05) is 11.9 Å². The maximum atomic E-state index is 12.2. The fraction of sp³-hybridized carbons (Fsp3) is 0.929. The first-order valence-electron chi connectivity index (χ1n) is 7.06. The number of amides is 1. The summed E-state index contributed by atoms with van der Waals surface area (Å²) in [6, 6.07) is 0. The largest absolute Gasteiger partial charge is 0.385 e. The van der Waals surface area contributed by atoms with Crippen molar-refractivity contribution in [3.8, 4) is 0 Å². The van der Waals surface area contributed by atoms with E-state index in [2.05, 4.69) is 0 Å². The molecule has 0 atom stereocenters. The third-order valence-corrected chi connectivity index (χ3v) is 4.14. The summed E-state index contributed by atoms with van der Waals surface area (Å²) >= 11 is 0. The molecule has 1 rings (SSSR count). The first kappa shape index (κ1) is 15.4. The fourth-order valence-electron chi connectivity index (χ4n) is 2.78. The number of ether oxygens (including phenoxy) is 1. The number of nitrogens with two attached hydrogens (primary N) is 1. The highest BCUT2D eigenvalue weighted by Crippen LogP contribution is 2.38. The van der Waals surface area contributed by atoms with E-state index in [1.54, 1.807) is 7.11 Å². The second-order valence-electron chi connectivity index (χ2n) is 5.60. The van der Waals surface area contributed by atoms with Crippen molar-refractivity contribution >= 4 is 5.91 Å². The van der Waals surface area contributed by atoms with Crippen LogP contribution >= 0.6 is 0 Å². The van der Waals surface area contributed by atoms with Crippen LogP contribution in [0.1, 0.15) is 44.9 Å². The molecule has 106 valence electrons. The third-order valence-electron chi connectivity index (χ3n) is 4.14. The molecule has 1 aliphatic carbocycles. The molecule has 0 spiro atoms. The molecule has 0 aromatic rings. The molecule has 1 fully saturated rings. The summed E-state index contributed by atoms with van der Waals surface area (Å²) in [6.07, 6.45) is 7.47. The molecule has 4 heteroatoms. The Bertz CT molecular complexity index is 250. The van der Waals surface area contributed by atoms with Gasteiger partial charge in [0.05, 0.1) is 0 Å². The number of methoxy groups -OCH3 is 1. The molecular formula is C14H28N2O2. The molecule has 0 heterocycles. The van der Waals surface area contributed by atoms with Crippen molar-refractivity contribution in [2.24, 2.45) is 11.1 Å². The molecule has 1 saturated carbocycles. The van der Waals surface area contributed by atoms with Crippen molar-refractivity contribution in [2.45, 2.75) is 44.9 Å². The van der Waals surface area contributed by atoms with Crippen LogP contribution < -0.4 is 5.73 Å². The van der Waals surface area contributed by atoms with Crippen LogP contribution in [0.2, 0.25) is 0 Å². The zero-order valence-electron chi connectivity index (χ0n) is 11.9. The van der Waals surface area contributed by atoms with Gasteiger partial charge in [-0.25, -0.2) is 0 Å². The van der Waals surface area contributed by atoms with E-state index in [0.717, 1.165) is 25.8 Å². The van der Waals surface area contributed by atoms with Crippen molar-refractivity contribution in [1.29, 1.82) is 0 Å². The minimum Gasteiger partial charge on any atom is -0.385 e. The van der Waals surface area contributed by atoms with Crippen LogP contribution in [0.25, 0.3) is 0 Å². The van der Waals surface area contributed by atoms with Crippen LogP contribution in [-0.2, 0) is 9.53 Å². The molecule has 2 N–H and O–H groups in total. The number of rotatable bonds is 7. The molecule has 1 aliphatic rings. The van der Waals surface area contributed by atoms with Crippen LogP contribution in [0.4, 0.5) is 0 Å². The Labute approximate surface area is 111 Å². The van der Waals surface area contributed by atoms with Crippen molar-refractivity contribution in [3.63, 3.8) is 0 Å². The van der Waals surface area contributed by atoms with Crippen molar-refractivity contribution in [3.05, 3.63) is 0 Å². The van der Waals surface area contributed by atoms with Gasteiger partial charge in [-0.05, 0) is 31.2 Å². The van der Waals surface area contributed by atoms with E-state index in [-0.39, 0.29) is 11.3 Å². The Balaban J connectivity index is 2.40. The Morgan fingerprint density at radius 1 is 1.33 bits per heavy atom. The van der Waals surface area contributed by atoms with Gasteiger partial charge < -0.3 is 15.4 Å². The van der Waals surface area contributed by atoms with Gasteiger partial charge in [0.2, 0.25) is 5.91 Å². The smallest absolute Gasteiger partial charge is 0.222 e. The molecule has 0 unspecified atom stereocenters. The highest BCUT2D eigenvalue weighted by molar-refractivity contribution is 5.76. The molecule has 0 bridgehead atoms. The molecule has 18 heavy (non-hydrogen) atoms. The summed E-state index contributed by atoms with van der Waals surface area (Å²) < 4.78 is 5.00. The van der Waals surface area contributed by atoms with Gasteiger partial charge in [-0.1, -0.05) is 19.3 Å². The number of hydrogen-bond donors (Lipinski definition) is 1. The third kappa shape index (κ3) is 4.58. The normalized spacial score (nSPS) is 18.6. The van der Waals surface area contributed by atoms with Crippen LogP contribution in [0, 0.1) is 5.41 Å². The predicted octanol–water partition coefficient (Wildman–Crippen LogP) is 1.78. The van der Waals surface area contributed by atoms with Crippen molar-refractivity contribution < 1.29 is 9.53 Å². The zero-order valence-corrected chi connectivity index (χ0v) is 11.9. The Kier molecular flexibility index (Phi) is 6.65. The van der Waals surface area contributed by atoms with E-state index in [4.69, 9.17) is 10.5 Å². The van der Waals surface area contributed by atoms with Gasteiger partial charge >= 0.3 is 0 Å². The Morgan fingerprint density at radius 2 is 2.00 bits per heavy atom. The molecule has 0 radical (unpaired) electrons. The second-order valence-corrected chi connectivity index (χ2v) is 5.60. The molecule has 0 saturated heterocycles. The second kappa shape index (κ2) is 7.74. The molecular weight excluding hydrogens is 228 g/mol. The summed E-state index contributed by atoms with van der Waals surface area (Å²) in [5.74, 6) is 0.235. The van der Waals surface area contributed by atoms with Crippen LogP contribution in [0.5, 0.6) is 0 Å². The lowest BCUT2D eigenvalue weighted by atomic mass is 9.71. The monoisotopic (exact) mass is 256 g/mol. The minimum atomic E-state index is 0.0743. The lowest BCUT2D eigenvalue weighted by Crippen LogP contribution is -2.39. The topological polar surface area (TPSA) is 55.6 Å². The molecule has 0 aromatic heterocycles. The van der Waals surface area contributed by atoms with Gasteiger partial charge in [0.25, 0.3) is 0 Å². The van der Waals surface area contributed by atoms with Gasteiger partial charge in [-0.3, -0.25) is 4.79 Å². The number of nitrogens with zero attached hydrogens (tertiary/aromatic N) is 1. The number of hydrogen-bond acceptors (Lipinski definition) is 3. The predicted molar refractivity (Wildman–Crippen MR) is 73.3 cm³/mol. The lowest BCUT2D eigenvalue weighted by Gasteiger charge is -2.36. The maximum absolute atomic E-state index is 12.2. The fourth-order valence-corrected chi connectivity index (χ4v) is 2.78. The van der Waals surface area contributed by atoms with Crippen molar-refractivity contribution in [1.82, 2.24) is 4.90 Å². The minimum absolute atomic E-state index is 0.0743. The molecule has 0 aromatic carbocycles. The average molecular weight is 256 g/mol. The average Bonchev–Trinajstić information content (AvgIpc) is 2.40. The lowest BCUT2D eigenvalue weighted by molar-refractivity contribution is -0.133. The van der Waals surface area contributed by atoms with E-state index in [1.165, 1.54) is 19.3 Å². The standard InChI is InChI=1S/C14H28N2O2/c1-16(9-6-10-18-2)13(17)11-14(12-15)7-4-3-5-8-14/h3-12,15H2,1-2H3. The number of carbonyl (C=O) groups excluding carboxylic acids is 1. The SMILES string of the molecule is COCCCN(C)C(=O)CC1(CN)CCCCC1. The van der Waals surface area contributed by atoms with Gasteiger partial charge in [0.15, 0.2) is 0 Å². The van der Waals surface area contributed by atoms with Gasteiger partial charge in [0, 0.05) is 33.7 Å². The molecule has 1 amide bonds. The van der Waals surface area contributed by atoms with Gasteiger partial charge in [-0.2, -0.15) is 0 Å². The maximum Gasteiger partial charge on any atom is 0.222 e. The van der Waals surface area contributed by atoms with E-state index in [9.17, 15) is 4.79 Å². The van der Waals surface area contributed by atoms with Gasteiger partial charge in [0.1, 0.15) is 0 Å². The Morgan fingerprint density at radius 3 is 2.56 bits per heavy atom. The van der Waals surface area contributed by atoms with E-state index >= 15 is 0 Å². The Hall–Kier alpha value is -0.610. The van der Waals surface area contributed by atoms with E-state index in [0.29, 0.717) is 19.6 Å². The summed E-state index contributed by atoms with van der Waals surface area (Å²) in [5, 5.41) is 0. The summed E-state index contributed by atoms with van der Waals surface area (Å²) in [6.45, 7) is 2.12. The van der Waals surface area contributed by atoms with Gasteiger partial charge in [-0.15, -0.1) is 0 Å². The summed E-state index contributed by atoms with van der Waals surface area (Å²) in [7, 11) is 3.57. The first-order chi connectivity index (χ1) is 8.63. The quantitative estimate of drug-likeness (QED) is 0.706. The van der Waals surface area contributed by atoms with Crippen molar-refractivity contribution in [2.75, 3.05) is 33.9 Å².